The van der Waals surface area contributed by atoms with E-state index in [2.05, 4.69) is 16.1 Å². The third kappa shape index (κ3) is 3.18. The summed E-state index contributed by atoms with van der Waals surface area (Å²) in [6.45, 7) is 2.59. The monoisotopic (exact) mass is 322 g/mol. The Labute approximate surface area is 134 Å². The molecule has 8 heteroatoms. The molecule has 0 spiro atoms. The molecule has 1 fully saturated rings. The fraction of sp³-hybridized carbons (Fsp3) is 0.357. The van der Waals surface area contributed by atoms with E-state index in [1.165, 1.54) is 0 Å². The minimum atomic E-state index is -1.12. The molecular weight excluding hydrogens is 304 g/mol. The van der Waals surface area contributed by atoms with Gasteiger partial charge in [-0.15, -0.1) is 0 Å². The van der Waals surface area contributed by atoms with Crippen LogP contribution in [-0.2, 0) is 15.1 Å². The predicted octanol–water partition coefficient (Wildman–Crippen LogP) is 0.479. The van der Waals surface area contributed by atoms with Crippen LogP contribution < -0.4 is 16.1 Å². The summed E-state index contributed by atoms with van der Waals surface area (Å²) in [7, 11) is 1.57. The highest BCUT2D eigenvalue weighted by Crippen LogP contribution is 2.27. The number of hydrazine groups is 1. The summed E-state index contributed by atoms with van der Waals surface area (Å²) in [6.07, 6.45) is 0. The second-order valence-electron chi connectivity index (χ2n) is 4.92. The van der Waals surface area contributed by atoms with Crippen molar-refractivity contribution in [1.29, 1.82) is 0 Å². The second-order valence-corrected chi connectivity index (χ2v) is 5.33. The first-order chi connectivity index (χ1) is 10.5. The van der Waals surface area contributed by atoms with Crippen molar-refractivity contribution in [2.75, 3.05) is 20.3 Å². The summed E-state index contributed by atoms with van der Waals surface area (Å²) >= 11 is 5.05. The van der Waals surface area contributed by atoms with Crippen LogP contribution in [0.15, 0.2) is 30.3 Å². The van der Waals surface area contributed by atoms with E-state index in [4.69, 9.17) is 17.0 Å². The number of hydrogen-bond donors (Lipinski definition) is 3. The lowest BCUT2D eigenvalue weighted by atomic mass is 9.92. The van der Waals surface area contributed by atoms with Crippen molar-refractivity contribution in [3.05, 3.63) is 35.9 Å². The lowest BCUT2D eigenvalue weighted by Gasteiger charge is -2.22. The van der Waals surface area contributed by atoms with Crippen LogP contribution in [0.25, 0.3) is 0 Å². The molecule has 0 radical (unpaired) electrons. The number of carbonyl (C=O) groups is 2. The molecule has 1 aliphatic rings. The number of thiocarbonyl (C=S) groups is 1. The number of nitrogens with zero attached hydrogens (tertiary/aromatic N) is 1. The van der Waals surface area contributed by atoms with E-state index in [9.17, 15) is 9.59 Å². The average molecular weight is 322 g/mol. The quantitative estimate of drug-likeness (QED) is 0.415. The Balaban J connectivity index is 2.07. The van der Waals surface area contributed by atoms with Gasteiger partial charge in [0.05, 0.1) is 6.61 Å². The standard InChI is InChI=1S/C14H18N4O3S/c1-14(10-6-4-3-5-7-10)11(19)18(13(20)16-14)17-12(22)15-8-9-21-2/h3-7H,8-9H2,1-2H3,(H,16,20)(H2,15,17,22)/t14-/m1/s1. The van der Waals surface area contributed by atoms with Gasteiger partial charge < -0.3 is 15.4 Å². The van der Waals surface area contributed by atoms with Crippen LogP contribution in [0.1, 0.15) is 12.5 Å². The van der Waals surface area contributed by atoms with E-state index in [0.717, 1.165) is 5.01 Å². The summed E-state index contributed by atoms with van der Waals surface area (Å²) in [5.41, 5.74) is 2.19. The SMILES string of the molecule is COCCNC(=S)NN1C(=O)N[C@](C)(c2ccccc2)C1=O. The van der Waals surface area contributed by atoms with Gasteiger partial charge in [-0.25, -0.2) is 4.79 Å². The highest BCUT2D eigenvalue weighted by molar-refractivity contribution is 7.80. The molecule has 0 unspecified atom stereocenters. The van der Waals surface area contributed by atoms with Gasteiger partial charge in [0, 0.05) is 13.7 Å². The lowest BCUT2D eigenvalue weighted by Crippen LogP contribution is -2.51. The summed E-state index contributed by atoms with van der Waals surface area (Å²) in [6, 6.07) is 8.50. The van der Waals surface area contributed by atoms with Gasteiger partial charge in [0.15, 0.2) is 5.11 Å². The normalized spacial score (nSPS) is 20.7. The molecule has 1 aromatic carbocycles. The molecule has 22 heavy (non-hydrogen) atoms. The number of benzene rings is 1. The third-order valence-corrected chi connectivity index (χ3v) is 3.58. The van der Waals surface area contributed by atoms with Gasteiger partial charge >= 0.3 is 6.03 Å². The summed E-state index contributed by atoms with van der Waals surface area (Å²) in [5, 5.41) is 6.58. The van der Waals surface area contributed by atoms with Crippen molar-refractivity contribution < 1.29 is 14.3 Å². The van der Waals surface area contributed by atoms with Crippen LogP contribution in [0.2, 0.25) is 0 Å². The van der Waals surface area contributed by atoms with Crippen molar-refractivity contribution in [2.45, 2.75) is 12.5 Å². The Morgan fingerprint density at radius 2 is 2.05 bits per heavy atom. The average Bonchev–Trinajstić information content (AvgIpc) is 2.73. The number of carbonyl (C=O) groups excluding carboxylic acids is 2. The summed E-state index contributed by atoms with van der Waals surface area (Å²) < 4.78 is 4.89. The molecular formula is C14H18N4O3S. The third-order valence-electron chi connectivity index (χ3n) is 3.35. The second kappa shape index (κ2) is 6.71. The maximum absolute atomic E-state index is 12.6. The van der Waals surface area contributed by atoms with Gasteiger partial charge in [0.2, 0.25) is 0 Å². The van der Waals surface area contributed by atoms with Gasteiger partial charge in [-0.3, -0.25) is 10.2 Å². The Hall–Kier alpha value is -2.19. The zero-order valence-electron chi connectivity index (χ0n) is 12.4. The van der Waals surface area contributed by atoms with E-state index in [0.29, 0.717) is 18.7 Å². The predicted molar refractivity (Wildman–Crippen MR) is 84.8 cm³/mol. The Bertz CT molecular complexity index is 581. The van der Waals surface area contributed by atoms with Gasteiger partial charge in [-0.05, 0) is 24.7 Å². The molecule has 118 valence electrons. The zero-order chi connectivity index (χ0) is 16.2. The molecule has 1 atom stereocenters. The van der Waals surface area contributed by atoms with E-state index < -0.39 is 17.5 Å². The Kier molecular flexibility index (Phi) is 4.94. The van der Waals surface area contributed by atoms with Gasteiger partial charge in [0.25, 0.3) is 5.91 Å². The van der Waals surface area contributed by atoms with Crippen LogP contribution in [-0.4, -0.2) is 42.3 Å². The maximum atomic E-state index is 12.6. The van der Waals surface area contributed by atoms with Crippen molar-refractivity contribution in [3.63, 3.8) is 0 Å². The van der Waals surface area contributed by atoms with Gasteiger partial charge in [-0.1, -0.05) is 30.3 Å². The molecule has 2 rings (SSSR count). The molecule has 0 aliphatic carbocycles. The van der Waals surface area contributed by atoms with E-state index >= 15 is 0 Å². The van der Waals surface area contributed by atoms with Gasteiger partial charge in [0.1, 0.15) is 5.54 Å². The number of methoxy groups -OCH3 is 1. The highest BCUT2D eigenvalue weighted by Gasteiger charge is 2.49. The maximum Gasteiger partial charge on any atom is 0.344 e. The lowest BCUT2D eigenvalue weighted by molar-refractivity contribution is -0.132. The van der Waals surface area contributed by atoms with E-state index in [1.807, 2.05) is 18.2 Å². The Morgan fingerprint density at radius 3 is 2.68 bits per heavy atom. The molecule has 0 aromatic heterocycles. The molecule has 1 aliphatic heterocycles. The highest BCUT2D eigenvalue weighted by atomic mass is 32.1. The fourth-order valence-electron chi connectivity index (χ4n) is 2.12. The van der Waals surface area contributed by atoms with Crippen molar-refractivity contribution in [3.8, 4) is 0 Å². The number of urea groups is 1. The molecule has 1 saturated heterocycles. The van der Waals surface area contributed by atoms with E-state index in [-0.39, 0.29) is 5.11 Å². The molecule has 1 heterocycles. The first kappa shape index (κ1) is 16.2. The van der Waals surface area contributed by atoms with Crippen molar-refractivity contribution in [1.82, 2.24) is 21.1 Å². The molecule has 0 saturated carbocycles. The van der Waals surface area contributed by atoms with Crippen LogP contribution in [0.4, 0.5) is 4.79 Å². The van der Waals surface area contributed by atoms with Gasteiger partial charge in [-0.2, -0.15) is 5.01 Å². The number of amides is 3. The van der Waals surface area contributed by atoms with Crippen molar-refractivity contribution in [2.24, 2.45) is 0 Å². The number of ether oxygens (including phenoxy) is 1. The Morgan fingerprint density at radius 1 is 1.36 bits per heavy atom. The number of hydrogen-bond acceptors (Lipinski definition) is 4. The van der Waals surface area contributed by atoms with Crippen LogP contribution in [0.5, 0.6) is 0 Å². The summed E-state index contributed by atoms with van der Waals surface area (Å²) in [4.78, 5) is 24.6. The van der Waals surface area contributed by atoms with Crippen molar-refractivity contribution >= 4 is 29.3 Å². The fourth-order valence-corrected chi connectivity index (χ4v) is 2.31. The first-order valence-electron chi connectivity index (χ1n) is 6.74. The van der Waals surface area contributed by atoms with E-state index in [1.54, 1.807) is 26.2 Å². The van der Waals surface area contributed by atoms with Crippen LogP contribution >= 0.6 is 12.2 Å². The number of rotatable bonds is 5. The zero-order valence-corrected chi connectivity index (χ0v) is 13.2. The topological polar surface area (TPSA) is 82.7 Å². The largest absolute Gasteiger partial charge is 0.383 e. The smallest absolute Gasteiger partial charge is 0.344 e. The minimum absolute atomic E-state index is 0.179. The molecule has 3 N–H and O–H groups in total. The molecule has 0 bridgehead atoms. The minimum Gasteiger partial charge on any atom is -0.383 e. The molecule has 7 nitrogen and oxygen atoms in total. The number of imide groups is 1. The van der Waals surface area contributed by atoms with Crippen LogP contribution in [0.3, 0.4) is 0 Å². The first-order valence-corrected chi connectivity index (χ1v) is 7.15. The molecule has 3 amide bonds. The van der Waals surface area contributed by atoms with Crippen LogP contribution in [0, 0.1) is 0 Å². The number of nitrogens with one attached hydrogen (secondary N) is 3. The summed E-state index contributed by atoms with van der Waals surface area (Å²) in [5.74, 6) is -0.417. The molecule has 1 aromatic rings.